The molecule has 5 nitrogen and oxygen atoms in total. The van der Waals surface area contributed by atoms with Crippen molar-refractivity contribution >= 4 is 40.1 Å². The van der Waals surface area contributed by atoms with E-state index in [1.54, 1.807) is 31.4 Å². The molecular weight excluding hydrogens is 384 g/mol. The third-order valence-electron chi connectivity index (χ3n) is 4.81. The first kappa shape index (κ1) is 19.0. The Kier molecular flexibility index (Phi) is 5.18. The quantitative estimate of drug-likeness (QED) is 0.604. The van der Waals surface area contributed by atoms with E-state index >= 15 is 0 Å². The van der Waals surface area contributed by atoms with Gasteiger partial charge in [0.05, 0.1) is 18.4 Å². The van der Waals surface area contributed by atoms with Gasteiger partial charge in [0.1, 0.15) is 11.4 Å². The largest absolute Gasteiger partial charge is 0.497 e. The van der Waals surface area contributed by atoms with Crippen molar-refractivity contribution in [1.82, 2.24) is 0 Å². The fraction of sp³-hybridized carbons (Fsp3) is 0.130. The second kappa shape index (κ2) is 7.93. The van der Waals surface area contributed by atoms with Gasteiger partial charge in [0.25, 0.3) is 11.8 Å². The zero-order valence-electron chi connectivity index (χ0n) is 16.1. The molecule has 0 spiro atoms. The van der Waals surface area contributed by atoms with Crippen LogP contribution in [0, 0.1) is 0 Å². The number of aryl methyl sites for hydroxylation is 1. The molecule has 2 amide bonds. The van der Waals surface area contributed by atoms with Crippen molar-refractivity contribution in [2.45, 2.75) is 13.3 Å². The van der Waals surface area contributed by atoms with Crippen molar-refractivity contribution < 1.29 is 14.3 Å². The third kappa shape index (κ3) is 3.54. The van der Waals surface area contributed by atoms with Crippen LogP contribution in [0.5, 0.6) is 5.75 Å². The number of hydrogen-bond acceptors (Lipinski definition) is 5. The molecule has 4 rings (SSSR count). The molecule has 1 N–H and O–H groups in total. The van der Waals surface area contributed by atoms with Crippen LogP contribution >= 0.6 is 11.3 Å². The number of carbonyl (C=O) groups is 2. The monoisotopic (exact) mass is 404 g/mol. The van der Waals surface area contributed by atoms with Crippen LogP contribution in [0.1, 0.15) is 17.4 Å². The molecule has 6 heteroatoms. The summed E-state index contributed by atoms with van der Waals surface area (Å²) in [5, 5.41) is 5.08. The lowest BCUT2D eigenvalue weighted by atomic mass is 10.1. The molecule has 0 aliphatic carbocycles. The number of amides is 2. The Hall–Kier alpha value is -3.38. The van der Waals surface area contributed by atoms with Crippen LogP contribution in [0.2, 0.25) is 0 Å². The van der Waals surface area contributed by atoms with Gasteiger partial charge in [-0.3, -0.25) is 9.59 Å². The molecule has 0 saturated heterocycles. The van der Waals surface area contributed by atoms with Crippen LogP contribution in [-0.4, -0.2) is 18.9 Å². The summed E-state index contributed by atoms with van der Waals surface area (Å²) in [6.45, 7) is 2.09. The third-order valence-corrected chi connectivity index (χ3v) is 5.70. The van der Waals surface area contributed by atoms with E-state index in [1.807, 2.05) is 41.8 Å². The molecule has 2 aromatic carbocycles. The summed E-state index contributed by atoms with van der Waals surface area (Å²) in [5.41, 5.74) is 3.16. The Morgan fingerprint density at radius 3 is 2.28 bits per heavy atom. The Morgan fingerprint density at radius 1 is 0.966 bits per heavy atom. The van der Waals surface area contributed by atoms with Gasteiger partial charge in [-0.1, -0.05) is 25.1 Å². The van der Waals surface area contributed by atoms with Crippen LogP contribution < -0.4 is 15.0 Å². The molecule has 29 heavy (non-hydrogen) atoms. The Bertz CT molecular complexity index is 1070. The number of rotatable bonds is 6. The zero-order valence-corrected chi connectivity index (χ0v) is 17.0. The SMILES string of the molecule is CCc1ccc(NC2=C(c3cccs3)C(=O)N(c3ccc(OC)cc3)C2=O)cc1. The summed E-state index contributed by atoms with van der Waals surface area (Å²) < 4.78 is 5.18. The first-order valence-corrected chi connectivity index (χ1v) is 10.2. The number of imide groups is 1. The van der Waals surface area contributed by atoms with Crippen molar-refractivity contribution in [3.05, 3.63) is 82.2 Å². The Morgan fingerprint density at radius 2 is 1.69 bits per heavy atom. The molecular formula is C23H20N2O3S. The number of hydrogen-bond donors (Lipinski definition) is 1. The number of carbonyl (C=O) groups excluding carboxylic acids is 2. The molecule has 1 aliphatic rings. The predicted octanol–water partition coefficient (Wildman–Crippen LogP) is 4.72. The van der Waals surface area contributed by atoms with Gasteiger partial charge >= 0.3 is 0 Å². The van der Waals surface area contributed by atoms with E-state index in [4.69, 9.17) is 4.74 Å². The fourth-order valence-corrected chi connectivity index (χ4v) is 4.00. The molecule has 1 aromatic heterocycles. The smallest absolute Gasteiger partial charge is 0.282 e. The van der Waals surface area contributed by atoms with E-state index in [-0.39, 0.29) is 17.5 Å². The molecule has 0 fully saturated rings. The number of nitrogens with one attached hydrogen (secondary N) is 1. The maximum absolute atomic E-state index is 13.3. The van der Waals surface area contributed by atoms with Crippen LogP contribution in [0.25, 0.3) is 5.57 Å². The van der Waals surface area contributed by atoms with Gasteiger partial charge in [-0.15, -0.1) is 11.3 Å². The van der Waals surface area contributed by atoms with Crippen LogP contribution in [-0.2, 0) is 16.0 Å². The number of methoxy groups -OCH3 is 1. The normalized spacial score (nSPS) is 13.9. The Labute approximate surface area is 173 Å². The summed E-state index contributed by atoms with van der Waals surface area (Å²) in [4.78, 5) is 28.5. The average Bonchev–Trinajstić information content (AvgIpc) is 3.36. The van der Waals surface area contributed by atoms with Gasteiger partial charge in [0.2, 0.25) is 0 Å². The molecule has 2 heterocycles. The highest BCUT2D eigenvalue weighted by Gasteiger charge is 2.40. The molecule has 0 unspecified atom stereocenters. The highest BCUT2D eigenvalue weighted by molar-refractivity contribution is 7.11. The highest BCUT2D eigenvalue weighted by atomic mass is 32.1. The van der Waals surface area contributed by atoms with Crippen LogP contribution in [0.4, 0.5) is 11.4 Å². The summed E-state index contributed by atoms with van der Waals surface area (Å²) in [6, 6.07) is 18.5. The second-order valence-corrected chi connectivity index (χ2v) is 7.49. The standard InChI is InChI=1S/C23H20N2O3S/c1-3-15-6-8-16(9-7-15)24-21-20(19-5-4-14-29-19)22(26)25(23(21)27)17-10-12-18(28-2)13-11-17/h4-14,24H,3H2,1-2H3. The molecule has 0 saturated carbocycles. The maximum Gasteiger partial charge on any atom is 0.282 e. The number of nitrogens with zero attached hydrogens (tertiary/aromatic N) is 1. The second-order valence-electron chi connectivity index (χ2n) is 6.55. The van der Waals surface area contributed by atoms with Gasteiger partial charge < -0.3 is 10.1 Å². The summed E-state index contributed by atoms with van der Waals surface area (Å²) in [6.07, 6.45) is 0.937. The number of anilines is 2. The molecule has 0 bridgehead atoms. The van der Waals surface area contributed by atoms with E-state index in [1.165, 1.54) is 21.8 Å². The van der Waals surface area contributed by atoms with Crippen LogP contribution in [0.3, 0.4) is 0 Å². The van der Waals surface area contributed by atoms with Gasteiger partial charge in [0, 0.05) is 10.6 Å². The van der Waals surface area contributed by atoms with Crippen molar-refractivity contribution in [3.8, 4) is 5.75 Å². The number of ether oxygens (including phenoxy) is 1. The average molecular weight is 404 g/mol. The lowest BCUT2D eigenvalue weighted by Crippen LogP contribution is -2.32. The molecule has 0 radical (unpaired) electrons. The minimum atomic E-state index is -0.372. The molecule has 0 atom stereocenters. The van der Waals surface area contributed by atoms with Gasteiger partial charge in [-0.05, 0) is 59.8 Å². The molecule has 146 valence electrons. The minimum Gasteiger partial charge on any atom is -0.497 e. The summed E-state index contributed by atoms with van der Waals surface area (Å²) in [7, 11) is 1.57. The first-order chi connectivity index (χ1) is 14.1. The molecule has 3 aromatic rings. The van der Waals surface area contributed by atoms with E-state index in [0.717, 1.165) is 17.0 Å². The zero-order chi connectivity index (χ0) is 20.4. The fourth-order valence-electron chi connectivity index (χ4n) is 3.23. The van der Waals surface area contributed by atoms with Gasteiger partial charge in [-0.2, -0.15) is 0 Å². The lowest BCUT2D eigenvalue weighted by molar-refractivity contribution is -0.120. The number of benzene rings is 2. The summed E-state index contributed by atoms with van der Waals surface area (Å²) >= 11 is 1.43. The predicted molar refractivity (Wildman–Crippen MR) is 116 cm³/mol. The van der Waals surface area contributed by atoms with Crippen LogP contribution in [0.15, 0.2) is 71.7 Å². The van der Waals surface area contributed by atoms with E-state index in [2.05, 4.69) is 12.2 Å². The van der Waals surface area contributed by atoms with Crippen molar-refractivity contribution in [1.29, 1.82) is 0 Å². The van der Waals surface area contributed by atoms with Crippen molar-refractivity contribution in [2.75, 3.05) is 17.3 Å². The summed E-state index contributed by atoms with van der Waals surface area (Å²) in [5.74, 6) is -0.0490. The van der Waals surface area contributed by atoms with Gasteiger partial charge in [0.15, 0.2) is 0 Å². The minimum absolute atomic E-state index is 0.289. The van der Waals surface area contributed by atoms with E-state index in [9.17, 15) is 9.59 Å². The first-order valence-electron chi connectivity index (χ1n) is 9.29. The van der Waals surface area contributed by atoms with Gasteiger partial charge in [-0.25, -0.2) is 4.90 Å². The van der Waals surface area contributed by atoms with E-state index < -0.39 is 0 Å². The maximum atomic E-state index is 13.3. The molecule has 1 aliphatic heterocycles. The van der Waals surface area contributed by atoms with Crippen molar-refractivity contribution in [2.24, 2.45) is 0 Å². The number of thiophene rings is 1. The highest BCUT2D eigenvalue weighted by Crippen LogP contribution is 2.36. The Balaban J connectivity index is 1.73. The van der Waals surface area contributed by atoms with E-state index in [0.29, 0.717) is 17.0 Å². The lowest BCUT2D eigenvalue weighted by Gasteiger charge is -2.15. The van der Waals surface area contributed by atoms with Crippen molar-refractivity contribution in [3.63, 3.8) is 0 Å². The topological polar surface area (TPSA) is 58.6 Å².